The maximum absolute atomic E-state index is 17.4. The second-order valence-corrected chi connectivity index (χ2v) is 22.1. The first-order valence-corrected chi connectivity index (χ1v) is 26.5. The summed E-state index contributed by atoms with van der Waals surface area (Å²) in [5.41, 5.74) is 8.79. The number of halogens is 2. The molecule has 0 bridgehead atoms. The van der Waals surface area contributed by atoms with E-state index in [0.717, 1.165) is 45.4 Å². The number of alkyl carbamates (subject to hydrolysis) is 2. The number of hydrogen-bond donors (Lipinski definition) is 4. The minimum absolute atomic E-state index is 0.0584. The van der Waals surface area contributed by atoms with E-state index in [4.69, 9.17) is 33.7 Å². The van der Waals surface area contributed by atoms with Crippen molar-refractivity contribution in [1.29, 1.82) is 0 Å². The molecule has 5 amide bonds. The summed E-state index contributed by atoms with van der Waals surface area (Å²) in [5.74, 6) is 1.31. The zero-order chi connectivity index (χ0) is 53.3. The average Bonchev–Trinajstić information content (AvgIpc) is 4.32. The number of imidazole rings is 2. The van der Waals surface area contributed by atoms with Gasteiger partial charge in [-0.2, -0.15) is 0 Å². The summed E-state index contributed by atoms with van der Waals surface area (Å²) < 4.78 is 42.4. The molecule has 3 unspecified atom stereocenters. The molecule has 4 aliphatic heterocycles. The smallest absolute Gasteiger partial charge is 0.410 e. The van der Waals surface area contributed by atoms with Crippen LogP contribution in [0.4, 0.5) is 18.8 Å². The van der Waals surface area contributed by atoms with Gasteiger partial charge in [0.1, 0.15) is 29.8 Å². The molecule has 5 aliphatic rings. The van der Waals surface area contributed by atoms with Crippen molar-refractivity contribution in [3.63, 3.8) is 0 Å². The zero-order valence-corrected chi connectivity index (χ0v) is 44.9. The van der Waals surface area contributed by atoms with Gasteiger partial charge in [0, 0.05) is 42.7 Å². The number of H-pyrrole nitrogens is 2. The van der Waals surface area contributed by atoms with Crippen LogP contribution in [-0.4, -0.2) is 117 Å². The van der Waals surface area contributed by atoms with Crippen LogP contribution in [0, 0.1) is 11.8 Å². The molecule has 6 heterocycles. The van der Waals surface area contributed by atoms with E-state index in [1.54, 1.807) is 20.9 Å². The number of likely N-dealkylation sites (tertiary alicyclic amines) is 2. The van der Waals surface area contributed by atoms with Crippen LogP contribution in [0.15, 0.2) is 72.9 Å². The number of aromatic nitrogens is 4. The zero-order valence-electron chi connectivity index (χ0n) is 42.7. The van der Waals surface area contributed by atoms with Gasteiger partial charge in [0.05, 0.1) is 55.8 Å². The lowest BCUT2D eigenvalue weighted by atomic mass is 9.98. The minimum atomic E-state index is -1.88. The highest BCUT2D eigenvalue weighted by atomic mass is 127. The highest BCUT2D eigenvalue weighted by Gasteiger charge is 2.45. The number of nitrogens with zero attached hydrogens (tertiary/aromatic N) is 5. The third kappa shape index (κ3) is 9.18. The molecule has 0 radical (unpaired) electrons. The number of benzene rings is 4. The highest BCUT2D eigenvalue weighted by molar-refractivity contribution is 14.1. The number of aromatic amines is 2. The van der Waals surface area contributed by atoms with Gasteiger partial charge in [-0.15, -0.1) is 0 Å². The fourth-order valence-electron chi connectivity index (χ4n) is 11.2. The molecule has 76 heavy (non-hydrogen) atoms. The van der Waals surface area contributed by atoms with Gasteiger partial charge < -0.3 is 54.1 Å². The first-order valence-electron chi connectivity index (χ1n) is 25.4. The number of rotatable bonds is 11. The molecular formula is C55H57FIN9O10. The van der Waals surface area contributed by atoms with Crippen LogP contribution in [0.1, 0.15) is 92.9 Å². The van der Waals surface area contributed by atoms with Crippen molar-refractivity contribution >= 4 is 63.7 Å². The second kappa shape index (κ2) is 19.9. The number of fused-ring (bicyclic) bond motifs is 6. The lowest BCUT2D eigenvalue weighted by Crippen LogP contribution is -2.51. The van der Waals surface area contributed by atoms with E-state index >= 15 is 4.39 Å². The molecule has 4 aromatic carbocycles. The van der Waals surface area contributed by atoms with Crippen LogP contribution >= 0.6 is 22.6 Å². The molecule has 1 aliphatic carbocycles. The number of carbonyl (C=O) groups excluding carboxylic acids is 5. The standard InChI is InChI=1S/C55H57FIN9O10/c1-27(2)46(62-52(69)72-5)50(67)65-15-7-8-42(65)48-58-22-41(61-48)31-10-13-36-35-12-9-29(16-37(35)55(56,57)38(36)17-31)30-11-14-39-40(18-30)60-49(59-39)43-21-34(25-66(43)51(68)47(28(3)4)63-53(70)73-6)76-54(71)64-23-32-19-44-45(75-26-74-44)20-33(32)24-64/h9-14,16-20,22,27-28,34,42-43,46-47H,7-8,15,21,23-26H2,1-6H3,(H,58,61)(H,59,60)(H,62,69)(H,63,70)/t34?,42-,43?,46-,47-,55?/m0/s1. The normalized spacial score (nSPS) is 20.9. The van der Waals surface area contributed by atoms with E-state index in [1.165, 1.54) is 14.2 Å². The Kier molecular flexibility index (Phi) is 13.3. The van der Waals surface area contributed by atoms with Gasteiger partial charge in [-0.05, 0) is 117 Å². The number of amides is 5. The number of methoxy groups -OCH3 is 2. The predicted molar refractivity (Wildman–Crippen MR) is 284 cm³/mol. The molecule has 19 nitrogen and oxygen atoms in total. The van der Waals surface area contributed by atoms with Gasteiger partial charge in [0.15, 0.2) is 11.5 Å². The molecule has 21 heteroatoms. The molecule has 2 fully saturated rings. The Bertz CT molecular complexity index is 3290. The third-order valence-corrected chi connectivity index (χ3v) is 16.3. The SMILES string of the molecule is COC(=O)N[C@H](C(=O)N1CC(OC(=O)N2Cc3cc4c(cc3C2)OCO4)CC1c1nc2ccc(-c3ccc4c(c3)C(F)(I)c3cc(-c5cnc([C@@H]6CCCN6C(=O)[C@@H](NC(=O)OC)C(C)C)[nH]5)ccc3-4)cc2[nH]1)C(C)C. The second-order valence-electron chi connectivity index (χ2n) is 20.6. The molecule has 0 saturated carbocycles. The Labute approximate surface area is 450 Å². The molecule has 0 spiro atoms. The van der Waals surface area contributed by atoms with Gasteiger partial charge in [-0.1, -0.05) is 58.0 Å². The minimum Gasteiger partial charge on any atom is -0.454 e. The van der Waals surface area contributed by atoms with E-state index < -0.39 is 46.2 Å². The van der Waals surface area contributed by atoms with E-state index in [0.29, 0.717) is 77.1 Å². The van der Waals surface area contributed by atoms with Crippen molar-refractivity contribution in [2.45, 2.75) is 94.0 Å². The van der Waals surface area contributed by atoms with Crippen LogP contribution < -0.4 is 20.1 Å². The Morgan fingerprint density at radius 2 is 1.36 bits per heavy atom. The largest absolute Gasteiger partial charge is 0.454 e. The quantitative estimate of drug-likeness (QED) is 0.0542. The van der Waals surface area contributed by atoms with Gasteiger partial charge in [0.25, 0.3) is 0 Å². The van der Waals surface area contributed by atoms with Gasteiger partial charge >= 0.3 is 18.3 Å². The fraction of sp³-hybridized carbons (Fsp3) is 0.400. The maximum Gasteiger partial charge on any atom is 0.410 e. The van der Waals surface area contributed by atoms with Crippen LogP contribution in [-0.2, 0) is 40.6 Å². The lowest BCUT2D eigenvalue weighted by Gasteiger charge is -2.30. The lowest BCUT2D eigenvalue weighted by molar-refractivity contribution is -0.136. The van der Waals surface area contributed by atoms with Crippen LogP contribution in [0.25, 0.3) is 44.5 Å². The molecule has 396 valence electrons. The Balaban J connectivity index is 0.823. The highest BCUT2D eigenvalue weighted by Crippen LogP contribution is 2.55. The van der Waals surface area contributed by atoms with Crippen LogP contribution in [0.2, 0.25) is 0 Å². The third-order valence-electron chi connectivity index (χ3n) is 15.2. The molecule has 6 aromatic rings. The Morgan fingerprint density at radius 3 is 1.99 bits per heavy atom. The Morgan fingerprint density at radius 1 is 0.763 bits per heavy atom. The molecule has 11 rings (SSSR count). The molecule has 2 saturated heterocycles. The van der Waals surface area contributed by atoms with Gasteiger partial charge in [0.2, 0.25) is 22.3 Å². The molecule has 4 N–H and O–H groups in total. The topological polar surface area (TPSA) is 223 Å². The van der Waals surface area contributed by atoms with Crippen LogP contribution in [0.5, 0.6) is 11.5 Å². The summed E-state index contributed by atoms with van der Waals surface area (Å²) in [6, 6.07) is 18.3. The summed E-state index contributed by atoms with van der Waals surface area (Å²) >= 11 is 1.88. The van der Waals surface area contributed by atoms with E-state index in [-0.39, 0.29) is 49.5 Å². The van der Waals surface area contributed by atoms with E-state index in [2.05, 4.69) is 20.6 Å². The number of carbonyl (C=O) groups is 5. The summed E-state index contributed by atoms with van der Waals surface area (Å²) in [4.78, 5) is 88.0. The van der Waals surface area contributed by atoms with Crippen molar-refractivity contribution in [2.24, 2.45) is 11.8 Å². The summed E-state index contributed by atoms with van der Waals surface area (Å²) in [7, 11) is 2.50. The first kappa shape index (κ1) is 50.7. The number of nitrogens with one attached hydrogen (secondary N) is 4. The van der Waals surface area contributed by atoms with Crippen molar-refractivity contribution in [3.05, 3.63) is 107 Å². The van der Waals surface area contributed by atoms with E-state index in [1.807, 2.05) is 117 Å². The van der Waals surface area contributed by atoms with Crippen molar-refractivity contribution in [1.82, 2.24) is 45.3 Å². The van der Waals surface area contributed by atoms with Gasteiger partial charge in [-0.3, -0.25) is 14.5 Å². The molecule has 6 atom stereocenters. The molecular weight excluding hydrogens is 1090 g/mol. The number of hydrogen-bond acceptors (Lipinski definition) is 12. The van der Waals surface area contributed by atoms with Crippen molar-refractivity contribution in [3.8, 4) is 45.0 Å². The molecule has 2 aromatic heterocycles. The van der Waals surface area contributed by atoms with Crippen molar-refractivity contribution in [2.75, 3.05) is 34.1 Å². The summed E-state index contributed by atoms with van der Waals surface area (Å²) in [6.07, 6.45) is 0.782. The van der Waals surface area contributed by atoms with Crippen LogP contribution in [0.3, 0.4) is 0 Å². The average molecular weight is 1150 g/mol. The summed E-state index contributed by atoms with van der Waals surface area (Å²) in [5, 5.41) is 5.37. The maximum atomic E-state index is 17.4. The van der Waals surface area contributed by atoms with Crippen molar-refractivity contribution < 1.29 is 52.0 Å². The summed E-state index contributed by atoms with van der Waals surface area (Å²) in [6.45, 7) is 8.78. The first-order chi connectivity index (χ1) is 36.5. The van der Waals surface area contributed by atoms with E-state index in [9.17, 15) is 24.0 Å². The monoisotopic (exact) mass is 1150 g/mol. The Hall–Kier alpha value is -7.43. The van der Waals surface area contributed by atoms with Gasteiger partial charge in [-0.25, -0.2) is 28.7 Å². The number of alkyl halides is 2. The fourth-order valence-corrected chi connectivity index (χ4v) is 12.1. The number of ether oxygens (including phenoxy) is 5. The predicted octanol–water partition coefficient (Wildman–Crippen LogP) is 9.15.